The molecule has 0 bridgehead atoms. The zero-order valence-corrected chi connectivity index (χ0v) is 12.1. The van der Waals surface area contributed by atoms with Crippen molar-refractivity contribution in [3.63, 3.8) is 0 Å². The van der Waals surface area contributed by atoms with E-state index >= 15 is 0 Å². The Labute approximate surface area is 121 Å². The quantitative estimate of drug-likeness (QED) is 0.758. The number of benzene rings is 1. The highest BCUT2D eigenvalue weighted by molar-refractivity contribution is 6.33. The number of hydrogen-bond donors (Lipinski definition) is 0. The summed E-state index contributed by atoms with van der Waals surface area (Å²) in [7, 11) is 0. The maximum absolute atomic E-state index is 12.6. The lowest BCUT2D eigenvalue weighted by atomic mass is 10.1. The number of rotatable bonds is 2. The van der Waals surface area contributed by atoms with Crippen LogP contribution in [0.3, 0.4) is 0 Å². The van der Waals surface area contributed by atoms with Crippen LogP contribution < -0.4 is 0 Å². The molecule has 0 amide bonds. The highest BCUT2D eigenvalue weighted by Gasteiger charge is 2.26. The van der Waals surface area contributed by atoms with Crippen LogP contribution in [-0.4, -0.2) is 10.4 Å². The molecule has 3 rings (SSSR count). The van der Waals surface area contributed by atoms with Crippen LogP contribution in [0.15, 0.2) is 24.3 Å². The van der Waals surface area contributed by atoms with E-state index in [1.54, 1.807) is 24.3 Å². The molecule has 1 aromatic heterocycles. The molecular formula is C15H13Cl2NO. The summed E-state index contributed by atoms with van der Waals surface area (Å²) in [6, 6.07) is 6.99. The second-order valence-electron chi connectivity index (χ2n) is 4.83. The molecule has 2 aromatic rings. The van der Waals surface area contributed by atoms with Gasteiger partial charge in [0, 0.05) is 22.8 Å². The molecule has 1 aromatic carbocycles. The minimum atomic E-state index is 0.0178. The van der Waals surface area contributed by atoms with E-state index in [0.29, 0.717) is 10.6 Å². The molecule has 19 heavy (non-hydrogen) atoms. The Hall–Kier alpha value is -1.25. The minimum absolute atomic E-state index is 0.0178. The number of hydrogen-bond acceptors (Lipinski definition) is 1. The first-order valence-corrected chi connectivity index (χ1v) is 7.03. The SMILES string of the molecule is Cc1c(Cl)c2n(c1C(=O)c1ccc(Cl)cc1)CCC2. The van der Waals surface area contributed by atoms with E-state index in [2.05, 4.69) is 4.57 Å². The van der Waals surface area contributed by atoms with Gasteiger partial charge in [0.15, 0.2) is 0 Å². The fourth-order valence-electron chi connectivity index (χ4n) is 2.70. The molecule has 0 aliphatic carbocycles. The molecule has 2 heterocycles. The molecule has 4 heteroatoms. The Morgan fingerprint density at radius 2 is 1.89 bits per heavy atom. The van der Waals surface area contributed by atoms with Gasteiger partial charge in [0.2, 0.25) is 5.78 Å². The van der Waals surface area contributed by atoms with Gasteiger partial charge in [-0.25, -0.2) is 0 Å². The average Bonchev–Trinajstić information content (AvgIpc) is 2.95. The summed E-state index contributed by atoms with van der Waals surface area (Å²) >= 11 is 12.2. The van der Waals surface area contributed by atoms with E-state index in [4.69, 9.17) is 23.2 Å². The highest BCUT2D eigenvalue weighted by Crippen LogP contribution is 2.33. The molecule has 0 unspecified atom stereocenters. The average molecular weight is 294 g/mol. The predicted molar refractivity (Wildman–Crippen MR) is 77.4 cm³/mol. The monoisotopic (exact) mass is 293 g/mol. The molecular weight excluding hydrogens is 281 g/mol. The Balaban J connectivity index is 2.10. The van der Waals surface area contributed by atoms with Crippen molar-refractivity contribution in [3.05, 3.63) is 56.8 Å². The molecule has 0 spiro atoms. The van der Waals surface area contributed by atoms with Crippen molar-refractivity contribution in [2.45, 2.75) is 26.3 Å². The van der Waals surface area contributed by atoms with Crippen LogP contribution in [0, 0.1) is 6.92 Å². The maximum atomic E-state index is 12.6. The number of carbonyl (C=O) groups excluding carboxylic acids is 1. The fourth-order valence-corrected chi connectivity index (χ4v) is 3.12. The molecule has 0 radical (unpaired) electrons. The van der Waals surface area contributed by atoms with Crippen molar-refractivity contribution in [1.29, 1.82) is 0 Å². The first-order chi connectivity index (χ1) is 9.09. The van der Waals surface area contributed by atoms with Gasteiger partial charge < -0.3 is 4.57 Å². The van der Waals surface area contributed by atoms with Gasteiger partial charge in [-0.1, -0.05) is 23.2 Å². The second-order valence-corrected chi connectivity index (χ2v) is 5.64. The number of nitrogens with zero attached hydrogens (tertiary/aromatic N) is 1. The lowest BCUT2D eigenvalue weighted by Crippen LogP contribution is -2.10. The molecule has 0 atom stereocenters. The van der Waals surface area contributed by atoms with Gasteiger partial charge in [-0.05, 0) is 49.6 Å². The lowest BCUT2D eigenvalue weighted by molar-refractivity contribution is 0.103. The topological polar surface area (TPSA) is 22.0 Å². The van der Waals surface area contributed by atoms with E-state index in [1.807, 2.05) is 6.92 Å². The van der Waals surface area contributed by atoms with Crippen LogP contribution in [0.25, 0.3) is 0 Å². The Morgan fingerprint density at radius 1 is 1.21 bits per heavy atom. The summed E-state index contributed by atoms with van der Waals surface area (Å²) < 4.78 is 2.06. The zero-order valence-electron chi connectivity index (χ0n) is 10.5. The zero-order chi connectivity index (χ0) is 13.6. The van der Waals surface area contributed by atoms with Gasteiger partial charge in [0.05, 0.1) is 10.7 Å². The normalized spacial score (nSPS) is 13.6. The standard InChI is InChI=1S/C15H13Cl2NO/c1-9-13(17)12-3-2-8-18(12)14(9)15(19)10-4-6-11(16)7-5-10/h4-7H,2-3,8H2,1H3. The van der Waals surface area contributed by atoms with E-state index in [9.17, 15) is 4.79 Å². The van der Waals surface area contributed by atoms with E-state index in [0.717, 1.165) is 41.4 Å². The summed E-state index contributed by atoms with van der Waals surface area (Å²) in [4.78, 5) is 12.6. The third kappa shape index (κ3) is 1.99. The van der Waals surface area contributed by atoms with Crippen molar-refractivity contribution >= 4 is 29.0 Å². The molecule has 98 valence electrons. The number of halogens is 2. The largest absolute Gasteiger partial charge is 0.340 e. The summed E-state index contributed by atoms with van der Waals surface area (Å²) in [6.07, 6.45) is 2.00. The van der Waals surface area contributed by atoms with E-state index in [1.165, 1.54) is 0 Å². The molecule has 0 N–H and O–H groups in total. The van der Waals surface area contributed by atoms with E-state index in [-0.39, 0.29) is 5.78 Å². The Kier molecular flexibility index (Phi) is 3.15. The number of ketones is 1. The fraction of sp³-hybridized carbons (Fsp3) is 0.267. The summed E-state index contributed by atoms with van der Waals surface area (Å²) in [5.41, 5.74) is 3.35. The molecule has 2 nitrogen and oxygen atoms in total. The van der Waals surface area contributed by atoms with Gasteiger partial charge in [0.1, 0.15) is 0 Å². The molecule has 1 aliphatic rings. The van der Waals surface area contributed by atoms with E-state index < -0.39 is 0 Å². The maximum Gasteiger partial charge on any atom is 0.209 e. The van der Waals surface area contributed by atoms with Crippen molar-refractivity contribution in [3.8, 4) is 0 Å². The summed E-state index contributed by atoms with van der Waals surface area (Å²) in [5.74, 6) is 0.0178. The van der Waals surface area contributed by atoms with Gasteiger partial charge in [-0.3, -0.25) is 4.79 Å². The number of carbonyl (C=O) groups is 1. The van der Waals surface area contributed by atoms with Crippen molar-refractivity contribution in [2.24, 2.45) is 0 Å². The minimum Gasteiger partial charge on any atom is -0.340 e. The van der Waals surface area contributed by atoms with Crippen molar-refractivity contribution in [2.75, 3.05) is 0 Å². The van der Waals surface area contributed by atoms with Gasteiger partial charge >= 0.3 is 0 Å². The van der Waals surface area contributed by atoms with Crippen LogP contribution in [0.4, 0.5) is 0 Å². The smallest absolute Gasteiger partial charge is 0.209 e. The summed E-state index contributed by atoms with van der Waals surface area (Å²) in [5, 5.41) is 1.38. The van der Waals surface area contributed by atoms with Crippen molar-refractivity contribution < 1.29 is 4.79 Å². The lowest BCUT2D eigenvalue weighted by Gasteiger charge is -2.07. The molecule has 0 saturated heterocycles. The van der Waals surface area contributed by atoms with Crippen LogP contribution >= 0.6 is 23.2 Å². The molecule has 1 aliphatic heterocycles. The van der Waals surface area contributed by atoms with Gasteiger partial charge in [0.25, 0.3) is 0 Å². The first-order valence-electron chi connectivity index (χ1n) is 6.27. The van der Waals surface area contributed by atoms with Crippen molar-refractivity contribution in [1.82, 2.24) is 4.57 Å². The number of fused-ring (bicyclic) bond motifs is 1. The third-order valence-electron chi connectivity index (χ3n) is 3.65. The first kappa shape index (κ1) is 12.8. The third-order valence-corrected chi connectivity index (χ3v) is 4.40. The van der Waals surface area contributed by atoms with Crippen LogP contribution in [0.5, 0.6) is 0 Å². The van der Waals surface area contributed by atoms with Gasteiger partial charge in [-0.2, -0.15) is 0 Å². The number of aromatic nitrogens is 1. The summed E-state index contributed by atoms with van der Waals surface area (Å²) in [6.45, 7) is 2.79. The van der Waals surface area contributed by atoms with Gasteiger partial charge in [-0.15, -0.1) is 0 Å². The van der Waals surface area contributed by atoms with Crippen LogP contribution in [0.1, 0.15) is 33.7 Å². The predicted octanol–water partition coefficient (Wildman–Crippen LogP) is 4.28. The molecule has 0 fully saturated rings. The van der Waals surface area contributed by atoms with Crippen LogP contribution in [-0.2, 0) is 13.0 Å². The Bertz CT molecular complexity index is 656. The molecule has 0 saturated carbocycles. The van der Waals surface area contributed by atoms with Crippen LogP contribution in [0.2, 0.25) is 10.0 Å². The second kappa shape index (κ2) is 4.69. The highest BCUT2D eigenvalue weighted by atomic mass is 35.5. The Morgan fingerprint density at radius 3 is 2.58 bits per heavy atom.